The van der Waals surface area contributed by atoms with Gasteiger partial charge in [-0.3, -0.25) is 10.1 Å². The molecule has 0 aliphatic heterocycles. The van der Waals surface area contributed by atoms with Gasteiger partial charge in [0.1, 0.15) is 0 Å². The highest BCUT2D eigenvalue weighted by atomic mass is 32.2. The third-order valence-electron chi connectivity index (χ3n) is 3.12. The van der Waals surface area contributed by atoms with Crippen molar-refractivity contribution in [2.45, 2.75) is 4.90 Å². The first-order chi connectivity index (χ1) is 11.5. The summed E-state index contributed by atoms with van der Waals surface area (Å²) in [5.74, 6) is 0. The number of hydrogen-bond acceptors (Lipinski definition) is 5. The lowest BCUT2D eigenvalue weighted by Crippen LogP contribution is -2.12. The number of benzene rings is 2. The number of rotatable bonds is 6. The summed E-state index contributed by atoms with van der Waals surface area (Å²) in [6.45, 7) is 0. The molecule has 0 fully saturated rings. The smallest absolute Gasteiger partial charge is 0.258 e. The van der Waals surface area contributed by atoms with Crippen LogP contribution in [0.15, 0.2) is 81.6 Å². The average molecular weight is 361 g/mol. The van der Waals surface area contributed by atoms with Gasteiger partial charge in [-0.25, -0.2) is 8.42 Å². The minimum Gasteiger partial charge on any atom is -0.258 e. The highest BCUT2D eigenvalue weighted by Crippen LogP contribution is 2.28. The van der Waals surface area contributed by atoms with E-state index < -0.39 is 20.5 Å². The van der Waals surface area contributed by atoms with E-state index in [-0.39, 0.29) is 9.80 Å². The molecule has 2 aromatic rings. The summed E-state index contributed by atoms with van der Waals surface area (Å²) in [5, 5.41) is 12.8. The van der Waals surface area contributed by atoms with Crippen molar-refractivity contribution in [3.05, 3.63) is 92.4 Å². The fourth-order valence-electron chi connectivity index (χ4n) is 2.02. The maximum absolute atomic E-state index is 12.8. The Morgan fingerprint density at radius 2 is 1.58 bits per heavy atom. The molecular formula is C17H15NO4S2. The predicted octanol–water partition coefficient (Wildman–Crippen LogP) is 3.98. The molecule has 7 heteroatoms. The Balaban J connectivity index is 2.62. The van der Waals surface area contributed by atoms with Gasteiger partial charge in [-0.1, -0.05) is 48.5 Å². The molecule has 5 nitrogen and oxygen atoms in total. The van der Waals surface area contributed by atoms with Crippen molar-refractivity contribution in [3.8, 4) is 0 Å². The summed E-state index contributed by atoms with van der Waals surface area (Å²) in [5.41, 5.74) is 0.0962. The summed E-state index contributed by atoms with van der Waals surface area (Å²) in [4.78, 5) is 10.5. The number of hydrogen-bond donors (Lipinski definition) is 0. The van der Waals surface area contributed by atoms with Gasteiger partial charge in [-0.05, 0) is 29.4 Å². The molecule has 0 aliphatic rings. The first-order valence-electron chi connectivity index (χ1n) is 6.91. The molecule has 0 heterocycles. The van der Waals surface area contributed by atoms with Gasteiger partial charge in [0.2, 0.25) is 9.84 Å². The number of nitrogens with zero attached hydrogens (tertiary/aromatic N) is 1. The van der Waals surface area contributed by atoms with Crippen LogP contribution in [0.5, 0.6) is 0 Å². The zero-order valence-corrected chi connectivity index (χ0v) is 14.5. The van der Waals surface area contributed by atoms with Gasteiger partial charge in [0.15, 0.2) is 4.91 Å². The van der Waals surface area contributed by atoms with Gasteiger partial charge in [0, 0.05) is 6.08 Å². The molecule has 24 heavy (non-hydrogen) atoms. The Bertz CT molecular complexity index is 873. The van der Waals surface area contributed by atoms with E-state index in [4.69, 9.17) is 0 Å². The second-order valence-corrected chi connectivity index (χ2v) is 7.36. The van der Waals surface area contributed by atoms with E-state index in [1.54, 1.807) is 54.8 Å². The Morgan fingerprint density at radius 3 is 2.08 bits per heavy atom. The maximum Gasteiger partial charge on any atom is 0.289 e. The van der Waals surface area contributed by atoms with Crippen LogP contribution in [-0.4, -0.2) is 19.6 Å². The molecule has 2 rings (SSSR count). The van der Waals surface area contributed by atoms with E-state index in [9.17, 15) is 18.5 Å². The van der Waals surface area contributed by atoms with Crippen molar-refractivity contribution in [2.24, 2.45) is 0 Å². The molecule has 0 aromatic heterocycles. The van der Waals surface area contributed by atoms with Crippen molar-refractivity contribution in [2.75, 3.05) is 6.26 Å². The quantitative estimate of drug-likeness (QED) is 0.442. The van der Waals surface area contributed by atoms with Crippen LogP contribution < -0.4 is 0 Å². The molecule has 0 N–H and O–H groups in total. The predicted molar refractivity (Wildman–Crippen MR) is 96.6 cm³/mol. The molecule has 0 spiro atoms. The molecule has 0 atom stereocenters. The number of sulfone groups is 1. The van der Waals surface area contributed by atoms with E-state index in [2.05, 4.69) is 0 Å². The molecule has 0 amide bonds. The SMILES string of the molecule is CS/C=C(\C(=C/c1ccccc1)[N+](=O)[O-])S(=O)(=O)c1ccccc1. The summed E-state index contributed by atoms with van der Waals surface area (Å²) in [7, 11) is -4.00. The normalized spacial score (nSPS) is 12.9. The van der Waals surface area contributed by atoms with Gasteiger partial charge < -0.3 is 0 Å². The Kier molecular flexibility index (Phi) is 5.94. The van der Waals surface area contributed by atoms with E-state index in [1.807, 2.05) is 0 Å². The first-order valence-corrected chi connectivity index (χ1v) is 9.68. The van der Waals surface area contributed by atoms with Gasteiger partial charge in [-0.15, -0.1) is 11.8 Å². The highest BCUT2D eigenvalue weighted by molar-refractivity contribution is 8.03. The van der Waals surface area contributed by atoms with Crippen molar-refractivity contribution >= 4 is 27.7 Å². The van der Waals surface area contributed by atoms with Crippen LogP contribution in [0.1, 0.15) is 5.56 Å². The monoisotopic (exact) mass is 361 g/mol. The van der Waals surface area contributed by atoms with E-state index in [0.717, 1.165) is 11.8 Å². The van der Waals surface area contributed by atoms with Gasteiger partial charge in [0.25, 0.3) is 5.70 Å². The minimum atomic E-state index is -4.00. The molecule has 2 aromatic carbocycles. The molecule has 0 saturated heterocycles. The van der Waals surface area contributed by atoms with Crippen LogP contribution in [0.3, 0.4) is 0 Å². The fraction of sp³-hybridized carbons (Fsp3) is 0.0588. The lowest BCUT2D eigenvalue weighted by Gasteiger charge is -2.07. The Hall–Kier alpha value is -2.38. The van der Waals surface area contributed by atoms with Crippen LogP contribution in [0.4, 0.5) is 0 Å². The molecule has 0 unspecified atom stereocenters. The minimum absolute atomic E-state index is 0.0195. The molecule has 0 bridgehead atoms. The lowest BCUT2D eigenvalue weighted by atomic mass is 10.2. The van der Waals surface area contributed by atoms with Crippen molar-refractivity contribution in [3.63, 3.8) is 0 Å². The maximum atomic E-state index is 12.8. The van der Waals surface area contributed by atoms with E-state index in [1.165, 1.54) is 23.6 Å². The standard InChI is InChI=1S/C17H15NO4S2/c1-23-13-17(24(21,22)15-10-6-3-7-11-15)16(18(19)20)12-14-8-4-2-5-9-14/h2-13H,1H3/b16-12+,17-13+. The molecule has 0 radical (unpaired) electrons. The summed E-state index contributed by atoms with van der Waals surface area (Å²) >= 11 is 1.10. The zero-order valence-electron chi connectivity index (χ0n) is 12.8. The van der Waals surface area contributed by atoms with Gasteiger partial charge in [0.05, 0.1) is 9.82 Å². The van der Waals surface area contributed by atoms with Crippen molar-refractivity contribution in [1.29, 1.82) is 0 Å². The third-order valence-corrected chi connectivity index (χ3v) is 5.54. The molecule has 0 saturated carbocycles. The average Bonchev–Trinajstić information content (AvgIpc) is 2.59. The lowest BCUT2D eigenvalue weighted by molar-refractivity contribution is -0.418. The van der Waals surface area contributed by atoms with Crippen molar-refractivity contribution in [1.82, 2.24) is 0 Å². The largest absolute Gasteiger partial charge is 0.289 e. The van der Waals surface area contributed by atoms with Gasteiger partial charge >= 0.3 is 0 Å². The second kappa shape index (κ2) is 7.94. The van der Waals surface area contributed by atoms with Crippen LogP contribution in [0.2, 0.25) is 0 Å². The van der Waals surface area contributed by atoms with Crippen molar-refractivity contribution < 1.29 is 13.3 Å². The van der Waals surface area contributed by atoms with E-state index in [0.29, 0.717) is 5.56 Å². The second-order valence-electron chi connectivity index (χ2n) is 4.73. The molecule has 124 valence electrons. The number of thioether (sulfide) groups is 1. The molecular weight excluding hydrogens is 346 g/mol. The fourth-order valence-corrected chi connectivity index (χ4v) is 4.32. The topological polar surface area (TPSA) is 77.3 Å². The zero-order chi connectivity index (χ0) is 17.6. The van der Waals surface area contributed by atoms with E-state index >= 15 is 0 Å². The Morgan fingerprint density at radius 1 is 1.04 bits per heavy atom. The van der Waals surface area contributed by atoms with Crippen LogP contribution in [0, 0.1) is 10.1 Å². The van der Waals surface area contributed by atoms with Crippen LogP contribution >= 0.6 is 11.8 Å². The summed E-state index contributed by atoms with van der Waals surface area (Å²) in [6.07, 6.45) is 2.92. The van der Waals surface area contributed by atoms with Crippen LogP contribution in [0.25, 0.3) is 6.08 Å². The summed E-state index contributed by atoms with van der Waals surface area (Å²) < 4.78 is 25.7. The molecule has 0 aliphatic carbocycles. The first kappa shape index (κ1) is 18.0. The number of nitro groups is 1. The van der Waals surface area contributed by atoms with Gasteiger partial charge in [-0.2, -0.15) is 0 Å². The van der Waals surface area contributed by atoms with Crippen LogP contribution in [-0.2, 0) is 9.84 Å². The Labute approximate surface area is 144 Å². The third kappa shape index (κ3) is 4.12. The highest BCUT2D eigenvalue weighted by Gasteiger charge is 2.31. The summed E-state index contributed by atoms with van der Waals surface area (Å²) in [6, 6.07) is 16.3.